The fourth-order valence-corrected chi connectivity index (χ4v) is 4.52. The number of nitrogens with two attached hydrogens (primary N) is 1. The third-order valence-corrected chi connectivity index (χ3v) is 5.57. The van der Waals surface area contributed by atoms with Crippen molar-refractivity contribution in [1.29, 1.82) is 0 Å². The van der Waals surface area contributed by atoms with Crippen LogP contribution in [-0.2, 0) is 9.84 Å². The second-order valence-electron chi connectivity index (χ2n) is 3.57. The first-order valence-corrected chi connectivity index (χ1v) is 7.16. The Hall–Kier alpha value is -1.15. The van der Waals surface area contributed by atoms with E-state index in [9.17, 15) is 13.2 Å². The van der Waals surface area contributed by atoms with Crippen LogP contribution in [0.2, 0.25) is 0 Å². The van der Waals surface area contributed by atoms with E-state index in [0.29, 0.717) is 12.8 Å². The minimum Gasteiger partial charge on any atom is -0.477 e. The zero-order valence-electron chi connectivity index (χ0n) is 8.21. The van der Waals surface area contributed by atoms with Crippen molar-refractivity contribution in [3.63, 3.8) is 0 Å². The van der Waals surface area contributed by atoms with Crippen molar-refractivity contribution in [2.24, 2.45) is 0 Å². The molecule has 3 N–H and O–H groups in total. The van der Waals surface area contributed by atoms with E-state index in [4.69, 9.17) is 10.8 Å². The van der Waals surface area contributed by atoms with Crippen LogP contribution in [0.5, 0.6) is 0 Å². The van der Waals surface area contributed by atoms with E-state index in [1.807, 2.05) is 0 Å². The van der Waals surface area contributed by atoms with Crippen LogP contribution in [0, 0.1) is 0 Å². The van der Waals surface area contributed by atoms with E-state index in [0.717, 1.165) is 11.3 Å². The second-order valence-corrected chi connectivity index (χ2v) is 6.90. The first kappa shape index (κ1) is 11.3. The molecular weight excluding hydrogens is 252 g/mol. The summed E-state index contributed by atoms with van der Waals surface area (Å²) in [5.41, 5.74) is 5.53. The predicted molar refractivity (Wildman–Crippen MR) is 59.2 cm³/mol. The summed E-state index contributed by atoms with van der Waals surface area (Å²) in [6.07, 6.45) is 0.968. The third-order valence-electron chi connectivity index (χ3n) is 2.50. The topological polar surface area (TPSA) is 110 Å². The lowest BCUT2D eigenvalue weighted by atomic mass is 10.2. The number of nitrogen functional groups attached to an aromatic ring is 1. The van der Waals surface area contributed by atoms with Crippen molar-refractivity contribution >= 4 is 32.3 Å². The van der Waals surface area contributed by atoms with Crippen LogP contribution in [0.3, 0.4) is 0 Å². The van der Waals surface area contributed by atoms with Gasteiger partial charge in [0.15, 0.2) is 15.0 Å². The van der Waals surface area contributed by atoms with Crippen molar-refractivity contribution in [3.8, 4) is 0 Å². The Morgan fingerprint density at radius 1 is 1.56 bits per heavy atom. The zero-order chi connectivity index (χ0) is 11.9. The first-order chi connectivity index (χ1) is 7.42. The van der Waals surface area contributed by atoms with E-state index < -0.39 is 21.1 Å². The highest BCUT2D eigenvalue weighted by atomic mass is 32.2. The minimum absolute atomic E-state index is 0.0621. The van der Waals surface area contributed by atoms with Crippen molar-refractivity contribution in [3.05, 3.63) is 10.6 Å². The maximum absolute atomic E-state index is 11.7. The van der Waals surface area contributed by atoms with Gasteiger partial charge in [-0.2, -0.15) is 0 Å². The number of sulfone groups is 1. The van der Waals surface area contributed by atoms with Crippen LogP contribution in [0.4, 0.5) is 5.13 Å². The summed E-state index contributed by atoms with van der Waals surface area (Å²) in [4.78, 5) is 14.7. The molecule has 1 unspecified atom stereocenters. The summed E-state index contributed by atoms with van der Waals surface area (Å²) >= 11 is 0.813. The van der Waals surface area contributed by atoms with Gasteiger partial charge in [0.05, 0.1) is 11.4 Å². The molecule has 1 saturated heterocycles. The normalized spacial score (nSPS) is 23.4. The number of aromatic nitrogens is 1. The maximum atomic E-state index is 11.7. The lowest BCUT2D eigenvalue weighted by Crippen LogP contribution is -2.11. The molecule has 0 aromatic carbocycles. The second kappa shape index (κ2) is 3.70. The smallest absolute Gasteiger partial charge is 0.347 e. The Morgan fingerprint density at radius 3 is 2.75 bits per heavy atom. The summed E-state index contributed by atoms with van der Waals surface area (Å²) < 4.78 is 23.4. The molecule has 1 aliphatic heterocycles. The number of thiazole rings is 1. The van der Waals surface area contributed by atoms with Gasteiger partial charge >= 0.3 is 5.97 Å². The number of carbonyl (C=O) groups is 1. The zero-order valence-corrected chi connectivity index (χ0v) is 9.84. The average Bonchev–Trinajstić information content (AvgIpc) is 2.68. The molecule has 1 atom stereocenters. The van der Waals surface area contributed by atoms with E-state index in [1.54, 1.807) is 0 Å². The fourth-order valence-electron chi connectivity index (χ4n) is 1.82. The molecule has 0 saturated carbocycles. The molecular formula is C8H10N2O4S2. The molecule has 1 aromatic heterocycles. The highest BCUT2D eigenvalue weighted by molar-refractivity contribution is 7.91. The van der Waals surface area contributed by atoms with E-state index >= 15 is 0 Å². The Labute approximate surface area is 96.0 Å². The van der Waals surface area contributed by atoms with Crippen LogP contribution in [0.1, 0.15) is 33.5 Å². The maximum Gasteiger partial charge on any atom is 0.347 e. The Kier molecular flexibility index (Phi) is 2.62. The summed E-state index contributed by atoms with van der Waals surface area (Å²) in [7, 11) is -3.26. The molecule has 0 amide bonds. The number of nitrogens with zero attached hydrogens (tertiary/aromatic N) is 1. The average molecular weight is 262 g/mol. The lowest BCUT2D eigenvalue weighted by molar-refractivity contribution is 0.0700. The van der Waals surface area contributed by atoms with Crippen LogP contribution >= 0.6 is 11.3 Å². The van der Waals surface area contributed by atoms with Gasteiger partial charge in [-0.25, -0.2) is 18.2 Å². The molecule has 88 valence electrons. The molecule has 1 fully saturated rings. The van der Waals surface area contributed by atoms with Crippen LogP contribution in [0.25, 0.3) is 0 Å². The standard InChI is InChI=1S/C8H10N2O4S2/c9-8-10-5(6(15-8)7(11)12)4-2-1-3-16(4,13)14/h4H,1-3H2,(H2,9,10)(H,11,12). The minimum atomic E-state index is -3.26. The predicted octanol–water partition coefficient (Wildman–Crippen LogP) is 0.673. The Morgan fingerprint density at radius 2 is 2.25 bits per heavy atom. The molecule has 6 nitrogen and oxygen atoms in total. The van der Waals surface area contributed by atoms with Gasteiger partial charge in [-0.3, -0.25) is 0 Å². The van der Waals surface area contributed by atoms with Crippen LogP contribution in [-0.4, -0.2) is 30.2 Å². The van der Waals surface area contributed by atoms with Gasteiger partial charge in [0, 0.05) is 0 Å². The number of hydrogen-bond donors (Lipinski definition) is 2. The molecule has 8 heteroatoms. The number of aromatic carboxylic acids is 1. The van der Waals surface area contributed by atoms with E-state index in [-0.39, 0.29) is 21.5 Å². The summed E-state index contributed by atoms with van der Waals surface area (Å²) in [6, 6.07) is 0. The van der Waals surface area contributed by atoms with Crippen molar-refractivity contribution in [2.45, 2.75) is 18.1 Å². The number of carboxylic acid groups (broad SMARTS) is 1. The van der Waals surface area contributed by atoms with Gasteiger partial charge in [0.1, 0.15) is 10.1 Å². The first-order valence-electron chi connectivity index (χ1n) is 4.63. The summed E-state index contributed by atoms with van der Waals surface area (Å²) in [5, 5.41) is 8.22. The monoisotopic (exact) mass is 262 g/mol. The molecule has 1 aliphatic rings. The fraction of sp³-hybridized carbons (Fsp3) is 0.500. The molecule has 16 heavy (non-hydrogen) atoms. The number of hydrogen-bond acceptors (Lipinski definition) is 6. The quantitative estimate of drug-likeness (QED) is 0.810. The van der Waals surface area contributed by atoms with Gasteiger partial charge < -0.3 is 10.8 Å². The highest BCUT2D eigenvalue weighted by Gasteiger charge is 2.37. The SMILES string of the molecule is Nc1nc(C2CCCS2(=O)=O)c(C(=O)O)s1. The third kappa shape index (κ3) is 1.78. The molecule has 0 spiro atoms. The number of rotatable bonds is 2. The number of anilines is 1. The van der Waals surface area contributed by atoms with Gasteiger partial charge in [-0.05, 0) is 12.8 Å². The Balaban J connectivity index is 2.52. The van der Waals surface area contributed by atoms with Gasteiger partial charge in [0.2, 0.25) is 0 Å². The molecule has 2 rings (SSSR count). The van der Waals surface area contributed by atoms with Gasteiger partial charge in [-0.15, -0.1) is 0 Å². The molecule has 1 aromatic rings. The van der Waals surface area contributed by atoms with Crippen molar-refractivity contribution in [1.82, 2.24) is 4.98 Å². The van der Waals surface area contributed by atoms with Crippen molar-refractivity contribution in [2.75, 3.05) is 11.5 Å². The molecule has 0 radical (unpaired) electrons. The van der Waals surface area contributed by atoms with Gasteiger partial charge in [0.25, 0.3) is 0 Å². The molecule has 0 bridgehead atoms. The lowest BCUT2D eigenvalue weighted by Gasteiger charge is -2.06. The number of carboxylic acids is 1. The van der Waals surface area contributed by atoms with E-state index in [2.05, 4.69) is 4.98 Å². The van der Waals surface area contributed by atoms with Crippen LogP contribution in [0.15, 0.2) is 0 Å². The van der Waals surface area contributed by atoms with E-state index in [1.165, 1.54) is 0 Å². The highest BCUT2D eigenvalue weighted by Crippen LogP contribution is 2.38. The summed E-state index contributed by atoms with van der Waals surface area (Å²) in [5.74, 6) is -1.08. The van der Waals surface area contributed by atoms with Crippen molar-refractivity contribution < 1.29 is 18.3 Å². The van der Waals surface area contributed by atoms with Gasteiger partial charge in [-0.1, -0.05) is 11.3 Å². The largest absolute Gasteiger partial charge is 0.477 e. The Bertz CT molecular complexity index is 534. The summed E-state index contributed by atoms with van der Waals surface area (Å²) in [6.45, 7) is 0. The van der Waals surface area contributed by atoms with Crippen LogP contribution < -0.4 is 5.73 Å². The molecule has 2 heterocycles. The molecule has 0 aliphatic carbocycles.